The second kappa shape index (κ2) is 9.54. The molecule has 1 amide bonds. The number of benzene rings is 1. The molecule has 1 atom stereocenters. The summed E-state index contributed by atoms with van der Waals surface area (Å²) in [5.74, 6) is -4.03. The Morgan fingerprint density at radius 3 is 2.58 bits per heavy atom. The predicted octanol–water partition coefficient (Wildman–Crippen LogP) is 4.35. The molecule has 0 aliphatic carbocycles. The van der Waals surface area contributed by atoms with Crippen LogP contribution in [0.1, 0.15) is 29.0 Å². The molecule has 8 nitrogen and oxygen atoms in total. The highest BCUT2D eigenvalue weighted by molar-refractivity contribution is 5.95. The summed E-state index contributed by atoms with van der Waals surface area (Å²) < 4.78 is 77.5. The number of pyridine rings is 1. The molecule has 1 saturated heterocycles. The van der Waals surface area contributed by atoms with Crippen LogP contribution in [-0.2, 0) is 6.18 Å². The summed E-state index contributed by atoms with van der Waals surface area (Å²) in [4.78, 5) is 25.1. The normalized spacial score (nSPS) is 16.1. The number of hydrogen-bond donors (Lipinski definition) is 1. The van der Waals surface area contributed by atoms with Gasteiger partial charge >= 0.3 is 6.18 Å². The number of ether oxygens (including phenoxy) is 1. The Bertz CT molecular complexity index is 1360. The zero-order valence-electron chi connectivity index (χ0n) is 18.8. The van der Waals surface area contributed by atoms with Gasteiger partial charge in [-0.2, -0.15) is 13.2 Å². The molecule has 1 aromatic carbocycles. The van der Waals surface area contributed by atoms with E-state index in [-0.39, 0.29) is 24.3 Å². The Balaban J connectivity index is 2.00. The third kappa shape index (κ3) is 4.59. The summed E-state index contributed by atoms with van der Waals surface area (Å²) in [5.41, 5.74) is 2.52. The van der Waals surface area contributed by atoms with E-state index < -0.39 is 58.5 Å². The van der Waals surface area contributed by atoms with Crippen LogP contribution in [0.2, 0.25) is 0 Å². The standard InChI is InChI=1S/C23H19F5N6O2/c1-30-17-6-5-12(8-15(17)24)20-32-18(22(35)33-7-3-4-13(29)11-33)19(23(26,27)28)34(20)14-9-16(25)21(36-2)31-10-14/h5-6,8-10,13H,3-4,7,11,29H2,2H3/t13-/m0/s1. The molecule has 0 spiro atoms. The van der Waals surface area contributed by atoms with Crippen molar-refractivity contribution >= 4 is 11.6 Å². The number of amides is 1. The molecule has 3 aromatic rings. The average Bonchev–Trinajstić information content (AvgIpc) is 3.25. The summed E-state index contributed by atoms with van der Waals surface area (Å²) in [6.45, 7) is 7.21. The van der Waals surface area contributed by atoms with E-state index in [1.54, 1.807) is 0 Å². The highest BCUT2D eigenvalue weighted by Gasteiger charge is 2.44. The van der Waals surface area contributed by atoms with Gasteiger partial charge in [-0.15, -0.1) is 0 Å². The number of aromatic nitrogens is 3. The minimum Gasteiger partial charge on any atom is -0.479 e. The lowest BCUT2D eigenvalue weighted by Gasteiger charge is -2.30. The molecule has 0 saturated carbocycles. The first-order valence-corrected chi connectivity index (χ1v) is 10.7. The third-order valence-electron chi connectivity index (χ3n) is 5.66. The van der Waals surface area contributed by atoms with Crippen molar-refractivity contribution in [2.24, 2.45) is 5.73 Å². The third-order valence-corrected chi connectivity index (χ3v) is 5.66. The fourth-order valence-corrected chi connectivity index (χ4v) is 4.04. The van der Waals surface area contributed by atoms with Crippen LogP contribution >= 0.6 is 0 Å². The molecular formula is C23H19F5N6O2. The maximum atomic E-state index is 14.5. The number of imidazole rings is 1. The van der Waals surface area contributed by atoms with Crippen LogP contribution in [0.5, 0.6) is 5.88 Å². The molecule has 36 heavy (non-hydrogen) atoms. The van der Waals surface area contributed by atoms with Gasteiger partial charge in [0.1, 0.15) is 11.6 Å². The maximum absolute atomic E-state index is 14.5. The van der Waals surface area contributed by atoms with Gasteiger partial charge in [0, 0.05) is 30.8 Å². The second-order valence-corrected chi connectivity index (χ2v) is 8.08. The molecule has 188 valence electrons. The van der Waals surface area contributed by atoms with Crippen LogP contribution in [0, 0.1) is 18.2 Å². The first kappa shape index (κ1) is 25.1. The quantitative estimate of drug-likeness (QED) is 0.420. The van der Waals surface area contributed by atoms with Gasteiger partial charge < -0.3 is 15.4 Å². The van der Waals surface area contributed by atoms with Crippen LogP contribution in [0.15, 0.2) is 30.5 Å². The second-order valence-electron chi connectivity index (χ2n) is 8.08. The van der Waals surface area contributed by atoms with Crippen molar-refractivity contribution < 1.29 is 31.5 Å². The molecule has 0 bridgehead atoms. The zero-order valence-corrected chi connectivity index (χ0v) is 18.8. The van der Waals surface area contributed by atoms with Crippen molar-refractivity contribution in [3.05, 3.63) is 64.9 Å². The summed E-state index contributed by atoms with van der Waals surface area (Å²) >= 11 is 0. The Kier molecular flexibility index (Phi) is 6.64. The molecule has 0 radical (unpaired) electrons. The predicted molar refractivity (Wildman–Crippen MR) is 118 cm³/mol. The van der Waals surface area contributed by atoms with Crippen molar-refractivity contribution in [3.8, 4) is 23.0 Å². The molecule has 1 aliphatic heterocycles. The lowest BCUT2D eigenvalue weighted by atomic mass is 10.1. The van der Waals surface area contributed by atoms with Crippen molar-refractivity contribution in [2.45, 2.75) is 25.1 Å². The first-order valence-electron chi connectivity index (χ1n) is 10.7. The SMILES string of the molecule is [C-]#[N+]c1ccc(-c2nc(C(=O)N3CCC[C@H](N)C3)c(C(F)(F)F)n2-c2cnc(OC)c(F)c2)cc1F. The number of halogens is 5. The maximum Gasteiger partial charge on any atom is 0.434 e. The van der Waals surface area contributed by atoms with Crippen molar-refractivity contribution in [1.29, 1.82) is 0 Å². The minimum atomic E-state index is -5.13. The zero-order chi connectivity index (χ0) is 26.2. The Morgan fingerprint density at radius 1 is 1.25 bits per heavy atom. The van der Waals surface area contributed by atoms with Crippen LogP contribution in [-0.4, -0.2) is 51.6 Å². The molecule has 1 aliphatic rings. The number of rotatable bonds is 4. The molecule has 2 aromatic heterocycles. The largest absolute Gasteiger partial charge is 0.479 e. The molecule has 3 heterocycles. The molecular weight excluding hydrogens is 487 g/mol. The summed E-state index contributed by atoms with van der Waals surface area (Å²) in [7, 11) is 1.14. The van der Waals surface area contributed by atoms with Crippen LogP contribution in [0.3, 0.4) is 0 Å². The van der Waals surface area contributed by atoms with Gasteiger partial charge in [-0.1, -0.05) is 12.1 Å². The number of hydrogen-bond acceptors (Lipinski definition) is 5. The molecule has 13 heteroatoms. The molecule has 2 N–H and O–H groups in total. The lowest BCUT2D eigenvalue weighted by Crippen LogP contribution is -2.46. The van der Waals surface area contributed by atoms with Crippen LogP contribution in [0.25, 0.3) is 21.9 Å². The van der Waals surface area contributed by atoms with E-state index in [9.17, 15) is 26.7 Å². The van der Waals surface area contributed by atoms with E-state index in [1.165, 1.54) is 11.0 Å². The first-order chi connectivity index (χ1) is 17.0. The topological polar surface area (TPSA) is 90.6 Å². The number of likely N-dealkylation sites (tertiary alicyclic amines) is 1. The van der Waals surface area contributed by atoms with Crippen molar-refractivity contribution in [1.82, 2.24) is 19.4 Å². The van der Waals surface area contributed by atoms with Gasteiger partial charge in [0.15, 0.2) is 17.2 Å². The van der Waals surface area contributed by atoms with Crippen LogP contribution in [0.4, 0.5) is 27.6 Å². The van der Waals surface area contributed by atoms with Gasteiger partial charge in [-0.05, 0) is 18.9 Å². The van der Waals surface area contributed by atoms with Crippen molar-refractivity contribution in [2.75, 3.05) is 20.2 Å². The Labute approximate surface area is 201 Å². The van der Waals surface area contributed by atoms with E-state index >= 15 is 0 Å². The lowest BCUT2D eigenvalue weighted by molar-refractivity contribution is -0.142. The monoisotopic (exact) mass is 506 g/mol. The summed E-state index contributed by atoms with van der Waals surface area (Å²) in [5, 5.41) is 0. The van der Waals surface area contributed by atoms with Gasteiger partial charge in [0.05, 0.1) is 25.6 Å². The van der Waals surface area contributed by atoms with Crippen LogP contribution < -0.4 is 10.5 Å². The van der Waals surface area contributed by atoms with Gasteiger partial charge in [-0.25, -0.2) is 23.6 Å². The smallest absolute Gasteiger partial charge is 0.434 e. The Morgan fingerprint density at radius 2 is 2.00 bits per heavy atom. The summed E-state index contributed by atoms with van der Waals surface area (Å²) in [6, 6.07) is 3.41. The van der Waals surface area contributed by atoms with E-state index in [0.717, 1.165) is 31.5 Å². The number of alkyl halides is 3. The van der Waals surface area contributed by atoms with E-state index in [2.05, 4.69) is 14.8 Å². The molecule has 0 unspecified atom stereocenters. The number of piperidine rings is 1. The van der Waals surface area contributed by atoms with E-state index in [4.69, 9.17) is 17.0 Å². The van der Waals surface area contributed by atoms with E-state index in [1.807, 2.05) is 0 Å². The van der Waals surface area contributed by atoms with Gasteiger partial charge in [0.25, 0.3) is 5.91 Å². The highest BCUT2D eigenvalue weighted by atomic mass is 19.4. The van der Waals surface area contributed by atoms with Gasteiger partial charge in [-0.3, -0.25) is 9.36 Å². The highest BCUT2D eigenvalue weighted by Crippen LogP contribution is 2.39. The van der Waals surface area contributed by atoms with Crippen molar-refractivity contribution in [3.63, 3.8) is 0 Å². The number of nitrogens with zero attached hydrogens (tertiary/aromatic N) is 5. The summed E-state index contributed by atoms with van der Waals surface area (Å²) in [6.07, 6.45) is -3.10. The fraction of sp³-hybridized carbons (Fsp3) is 0.304. The Hall–Kier alpha value is -4.05. The van der Waals surface area contributed by atoms with E-state index in [0.29, 0.717) is 17.4 Å². The number of carbonyl (C=O) groups excluding carboxylic acids is 1. The van der Waals surface area contributed by atoms with Gasteiger partial charge in [0.2, 0.25) is 11.6 Å². The minimum absolute atomic E-state index is 0.0331. The fourth-order valence-electron chi connectivity index (χ4n) is 4.04. The number of methoxy groups -OCH3 is 1. The molecule has 4 rings (SSSR count). The average molecular weight is 506 g/mol. The number of carbonyl (C=O) groups is 1. The molecule has 1 fully saturated rings. The number of nitrogens with two attached hydrogens (primary N) is 1.